The second-order valence-electron chi connectivity index (χ2n) is 3.43. The van der Waals surface area contributed by atoms with Gasteiger partial charge in [-0.3, -0.25) is 0 Å². The van der Waals surface area contributed by atoms with Gasteiger partial charge in [-0.05, 0) is 45.6 Å². The van der Waals surface area contributed by atoms with Gasteiger partial charge < -0.3 is 10.2 Å². The maximum atomic E-state index is 9.86. The zero-order valence-corrected chi connectivity index (χ0v) is 11.1. The molecule has 0 heterocycles. The van der Waals surface area contributed by atoms with Crippen LogP contribution in [0.25, 0.3) is 10.4 Å². The Labute approximate surface area is 112 Å². The largest absolute Gasteiger partial charge is 0.390 e. The normalized spacial score (nSPS) is 13.9. The highest BCUT2D eigenvalue weighted by Crippen LogP contribution is 2.27. The summed E-state index contributed by atoms with van der Waals surface area (Å²) in [6.07, 6.45) is -1.81. The first-order chi connectivity index (χ1) is 8.06. The molecule has 0 saturated heterocycles. The lowest BCUT2D eigenvalue weighted by molar-refractivity contribution is 0.0150. The highest BCUT2D eigenvalue weighted by atomic mass is 79.9. The van der Waals surface area contributed by atoms with Gasteiger partial charge in [0.15, 0.2) is 0 Å². The second kappa shape index (κ2) is 6.83. The molecule has 0 aromatic heterocycles. The van der Waals surface area contributed by atoms with E-state index in [-0.39, 0.29) is 13.0 Å². The van der Waals surface area contributed by atoms with Crippen molar-refractivity contribution in [2.75, 3.05) is 6.54 Å². The van der Waals surface area contributed by atoms with Gasteiger partial charge in [0, 0.05) is 15.9 Å². The summed E-state index contributed by atoms with van der Waals surface area (Å²) < 4.78 is 0.651. The molecule has 1 aromatic rings. The minimum Gasteiger partial charge on any atom is -0.390 e. The van der Waals surface area contributed by atoms with Crippen LogP contribution in [0.5, 0.6) is 0 Å². The molecule has 0 amide bonds. The number of aliphatic hydroxyl groups excluding tert-OH is 2. The molecule has 2 unspecified atom stereocenters. The molecule has 17 heavy (non-hydrogen) atoms. The summed E-state index contributed by atoms with van der Waals surface area (Å²) in [5.41, 5.74) is 8.65. The molecule has 5 nitrogen and oxygen atoms in total. The van der Waals surface area contributed by atoms with Crippen molar-refractivity contribution in [3.05, 3.63) is 43.7 Å². The van der Waals surface area contributed by atoms with Gasteiger partial charge in [0.25, 0.3) is 0 Å². The summed E-state index contributed by atoms with van der Waals surface area (Å²) >= 11 is 9.06. The van der Waals surface area contributed by atoms with E-state index in [9.17, 15) is 10.2 Å². The minimum absolute atomic E-state index is 0.142. The maximum Gasteiger partial charge on any atom is 0.105 e. The molecule has 2 N–H and O–H groups in total. The van der Waals surface area contributed by atoms with Gasteiger partial charge in [0.1, 0.15) is 6.10 Å². The van der Waals surface area contributed by atoms with Crippen molar-refractivity contribution in [2.24, 2.45) is 5.11 Å². The van der Waals surface area contributed by atoms with Crippen LogP contribution >= 0.6 is 27.5 Å². The van der Waals surface area contributed by atoms with Gasteiger partial charge >= 0.3 is 0 Å². The molecule has 0 radical (unpaired) electrons. The van der Waals surface area contributed by atoms with Gasteiger partial charge in [-0.1, -0.05) is 22.8 Å². The van der Waals surface area contributed by atoms with Gasteiger partial charge in [0.05, 0.1) is 11.1 Å². The molecule has 1 aromatic carbocycles. The Morgan fingerprint density at radius 2 is 2.18 bits per heavy atom. The fourth-order valence-corrected chi connectivity index (χ4v) is 1.83. The van der Waals surface area contributed by atoms with Crippen molar-refractivity contribution >= 4 is 27.5 Å². The fraction of sp³-hybridized carbons (Fsp3) is 0.400. The predicted octanol–water partition coefficient (Wildman–Crippen LogP) is 3.20. The molecule has 0 aliphatic heterocycles. The Kier molecular flexibility index (Phi) is 5.74. The maximum absolute atomic E-state index is 9.86. The van der Waals surface area contributed by atoms with Crippen molar-refractivity contribution in [1.29, 1.82) is 0 Å². The summed E-state index contributed by atoms with van der Waals surface area (Å²) in [4.78, 5) is 2.57. The molecule has 0 aliphatic rings. The number of nitrogens with zero attached hydrogens (tertiary/aromatic N) is 3. The number of halogens is 2. The number of benzene rings is 1. The zero-order chi connectivity index (χ0) is 12.8. The van der Waals surface area contributed by atoms with Crippen molar-refractivity contribution in [2.45, 2.75) is 18.6 Å². The third-order valence-corrected chi connectivity index (χ3v) is 3.45. The van der Waals surface area contributed by atoms with E-state index >= 15 is 0 Å². The minimum atomic E-state index is -1.03. The molecule has 7 heteroatoms. The topological polar surface area (TPSA) is 89.2 Å². The zero-order valence-electron chi connectivity index (χ0n) is 8.79. The monoisotopic (exact) mass is 319 g/mol. The molecular formula is C10H11BrClN3O2. The first-order valence-electron chi connectivity index (χ1n) is 4.88. The van der Waals surface area contributed by atoms with Gasteiger partial charge in [-0.2, -0.15) is 0 Å². The molecule has 0 bridgehead atoms. The molecule has 1 rings (SSSR count). The predicted molar refractivity (Wildman–Crippen MR) is 68.7 cm³/mol. The van der Waals surface area contributed by atoms with Gasteiger partial charge in [0.2, 0.25) is 0 Å². The van der Waals surface area contributed by atoms with E-state index in [1.54, 1.807) is 18.2 Å². The highest BCUT2D eigenvalue weighted by Gasteiger charge is 2.18. The number of aliphatic hydroxyl groups is 2. The van der Waals surface area contributed by atoms with Crippen LogP contribution in [0.4, 0.5) is 0 Å². The molecule has 0 spiro atoms. The van der Waals surface area contributed by atoms with Crippen LogP contribution in [0, 0.1) is 0 Å². The summed E-state index contributed by atoms with van der Waals surface area (Å²) in [7, 11) is 0. The summed E-state index contributed by atoms with van der Waals surface area (Å²) in [5, 5.41) is 23.4. The standard InChI is InChI=1S/C10H11BrClN3O2/c11-7-5-6(1-2-8(7)12)10(17)9(16)3-4-14-15-13/h1-2,5,9-10,16-17H,3-4H2. The van der Waals surface area contributed by atoms with Crippen LogP contribution in [0.1, 0.15) is 18.1 Å². The van der Waals surface area contributed by atoms with Crippen molar-refractivity contribution < 1.29 is 10.2 Å². The van der Waals surface area contributed by atoms with Crippen LogP contribution in [-0.2, 0) is 0 Å². The van der Waals surface area contributed by atoms with E-state index in [2.05, 4.69) is 26.0 Å². The molecule has 0 aliphatic carbocycles. The quantitative estimate of drug-likeness (QED) is 0.495. The van der Waals surface area contributed by atoms with E-state index in [4.69, 9.17) is 17.1 Å². The first-order valence-corrected chi connectivity index (χ1v) is 6.05. The molecular weight excluding hydrogens is 309 g/mol. The second-order valence-corrected chi connectivity index (χ2v) is 4.69. The van der Waals surface area contributed by atoms with E-state index in [1.165, 1.54) is 0 Å². The SMILES string of the molecule is [N-]=[N+]=NCCC(O)C(O)c1ccc(Cl)c(Br)c1. The van der Waals surface area contributed by atoms with E-state index in [0.29, 0.717) is 15.1 Å². The van der Waals surface area contributed by atoms with E-state index in [0.717, 1.165) is 0 Å². The number of rotatable bonds is 5. The summed E-state index contributed by atoms with van der Waals surface area (Å²) in [6.45, 7) is 0.142. The Bertz CT molecular complexity index is 438. The number of hydrogen-bond acceptors (Lipinski definition) is 3. The van der Waals surface area contributed by atoms with Crippen molar-refractivity contribution in [1.82, 2.24) is 0 Å². The summed E-state index contributed by atoms with van der Waals surface area (Å²) in [5.74, 6) is 0. The summed E-state index contributed by atoms with van der Waals surface area (Å²) in [6, 6.07) is 4.91. The lowest BCUT2D eigenvalue weighted by Gasteiger charge is -2.17. The lowest BCUT2D eigenvalue weighted by Crippen LogP contribution is -2.19. The van der Waals surface area contributed by atoms with Crippen LogP contribution in [0.3, 0.4) is 0 Å². The Hall–Kier alpha value is -0.780. The molecule has 2 atom stereocenters. The number of azide groups is 1. The Morgan fingerprint density at radius 3 is 2.76 bits per heavy atom. The van der Waals surface area contributed by atoms with Crippen molar-refractivity contribution in [3.63, 3.8) is 0 Å². The third kappa shape index (κ3) is 4.18. The molecule has 0 fully saturated rings. The smallest absolute Gasteiger partial charge is 0.105 e. The van der Waals surface area contributed by atoms with Crippen LogP contribution in [-0.4, -0.2) is 22.9 Å². The fourth-order valence-electron chi connectivity index (χ4n) is 1.31. The molecule has 92 valence electrons. The Morgan fingerprint density at radius 1 is 1.47 bits per heavy atom. The Balaban J connectivity index is 2.70. The van der Waals surface area contributed by atoms with Gasteiger partial charge in [-0.15, -0.1) is 0 Å². The van der Waals surface area contributed by atoms with Crippen LogP contribution in [0.2, 0.25) is 5.02 Å². The van der Waals surface area contributed by atoms with Crippen LogP contribution in [0.15, 0.2) is 27.8 Å². The average molecular weight is 321 g/mol. The number of hydrogen-bond donors (Lipinski definition) is 2. The molecule has 0 saturated carbocycles. The van der Waals surface area contributed by atoms with Crippen molar-refractivity contribution in [3.8, 4) is 0 Å². The van der Waals surface area contributed by atoms with Gasteiger partial charge in [-0.25, -0.2) is 0 Å². The highest BCUT2D eigenvalue weighted by molar-refractivity contribution is 9.10. The van der Waals surface area contributed by atoms with Crippen LogP contribution < -0.4 is 0 Å². The lowest BCUT2D eigenvalue weighted by atomic mass is 10.0. The first kappa shape index (κ1) is 14.3. The van der Waals surface area contributed by atoms with E-state index in [1.807, 2.05) is 0 Å². The third-order valence-electron chi connectivity index (χ3n) is 2.24. The van der Waals surface area contributed by atoms with E-state index < -0.39 is 12.2 Å². The average Bonchev–Trinajstić information content (AvgIpc) is 2.32.